The van der Waals surface area contributed by atoms with Crippen LogP contribution in [0.25, 0.3) is 10.2 Å². The Labute approximate surface area is 169 Å². The number of fused-ring (bicyclic) bond motifs is 1. The molecule has 5 heteroatoms. The average Bonchev–Trinajstić information content (AvgIpc) is 3.03. The number of aromatic nitrogens is 1. The minimum absolute atomic E-state index is 0.152. The van der Waals surface area contributed by atoms with Gasteiger partial charge in [-0.3, -0.25) is 4.79 Å². The molecular weight excluding hydrogens is 368 g/mol. The van der Waals surface area contributed by atoms with E-state index in [-0.39, 0.29) is 12.3 Å². The van der Waals surface area contributed by atoms with Gasteiger partial charge in [-0.15, -0.1) is 6.58 Å². The number of ether oxygens (including phenoxy) is 1. The van der Waals surface area contributed by atoms with Crippen LogP contribution in [0.15, 0.2) is 60.1 Å². The molecule has 0 aliphatic heterocycles. The molecule has 0 atom stereocenters. The van der Waals surface area contributed by atoms with Crippen LogP contribution < -0.4 is 9.54 Å². The summed E-state index contributed by atoms with van der Waals surface area (Å²) < 4.78 is 8.38. The van der Waals surface area contributed by atoms with Crippen LogP contribution >= 0.6 is 11.3 Å². The molecular formula is C23H26N2O2S. The third-order valence-electron chi connectivity index (χ3n) is 4.61. The number of rotatable bonds is 8. The molecule has 1 amide bonds. The molecule has 0 spiro atoms. The lowest BCUT2D eigenvalue weighted by Gasteiger charge is -2.03. The second-order valence-electron chi connectivity index (χ2n) is 6.72. The molecule has 3 rings (SSSR count). The first kappa shape index (κ1) is 20.1. The lowest BCUT2D eigenvalue weighted by atomic mass is 10.1. The van der Waals surface area contributed by atoms with E-state index in [4.69, 9.17) is 4.74 Å². The Hall–Kier alpha value is -2.66. The molecule has 0 fully saturated rings. The number of carbonyl (C=O) groups excluding carboxylic acids is 1. The number of thiazole rings is 1. The van der Waals surface area contributed by atoms with Gasteiger partial charge >= 0.3 is 0 Å². The van der Waals surface area contributed by atoms with E-state index < -0.39 is 0 Å². The zero-order valence-electron chi connectivity index (χ0n) is 16.5. The van der Waals surface area contributed by atoms with Crippen molar-refractivity contribution in [1.82, 2.24) is 4.57 Å². The largest absolute Gasteiger partial charge is 0.497 e. The van der Waals surface area contributed by atoms with Crippen molar-refractivity contribution in [2.75, 3.05) is 7.11 Å². The van der Waals surface area contributed by atoms with E-state index in [0.29, 0.717) is 6.54 Å². The fraction of sp³-hybridized carbons (Fsp3) is 0.304. The molecule has 0 aliphatic carbocycles. The minimum atomic E-state index is -0.152. The Bertz CT molecular complexity index is 1030. The summed E-state index contributed by atoms with van der Waals surface area (Å²) in [7, 11) is 1.63. The van der Waals surface area contributed by atoms with Gasteiger partial charge in [0.25, 0.3) is 5.91 Å². The normalized spacial score (nSPS) is 11.7. The summed E-state index contributed by atoms with van der Waals surface area (Å²) in [6, 6.07) is 14.0. The van der Waals surface area contributed by atoms with E-state index in [1.165, 1.54) is 18.4 Å². The molecule has 0 N–H and O–H groups in total. The SMILES string of the molecule is C=CCn1c(=NC(=O)Cc2ccc(OC)cc2)sc2cc(CCCC)ccc21. The van der Waals surface area contributed by atoms with Gasteiger partial charge in [0.05, 0.1) is 23.7 Å². The molecule has 2 aromatic carbocycles. The highest BCUT2D eigenvalue weighted by Gasteiger charge is 2.09. The molecule has 0 radical (unpaired) electrons. The number of carbonyl (C=O) groups is 1. The number of amides is 1. The van der Waals surface area contributed by atoms with E-state index in [1.807, 2.05) is 30.3 Å². The van der Waals surface area contributed by atoms with Crippen molar-refractivity contribution in [3.8, 4) is 5.75 Å². The van der Waals surface area contributed by atoms with E-state index in [1.54, 1.807) is 18.4 Å². The Kier molecular flexibility index (Phi) is 6.82. The third-order valence-corrected chi connectivity index (χ3v) is 5.65. The molecule has 146 valence electrons. The number of nitrogens with zero attached hydrogens (tertiary/aromatic N) is 2. The predicted molar refractivity (Wildman–Crippen MR) is 116 cm³/mol. The van der Waals surface area contributed by atoms with Crippen molar-refractivity contribution in [3.05, 3.63) is 71.0 Å². The highest BCUT2D eigenvalue weighted by molar-refractivity contribution is 7.16. The highest BCUT2D eigenvalue weighted by atomic mass is 32.1. The first-order valence-electron chi connectivity index (χ1n) is 9.58. The van der Waals surface area contributed by atoms with Gasteiger partial charge in [-0.25, -0.2) is 0 Å². The summed E-state index contributed by atoms with van der Waals surface area (Å²) in [5.74, 6) is 0.626. The van der Waals surface area contributed by atoms with E-state index >= 15 is 0 Å². The van der Waals surface area contributed by atoms with Crippen LogP contribution in [-0.4, -0.2) is 17.6 Å². The van der Waals surface area contributed by atoms with Gasteiger partial charge in [0.1, 0.15) is 5.75 Å². The standard InChI is InChI=1S/C23H26N2O2S/c1-4-6-7-17-10-13-20-21(15-17)28-23(25(20)14-5-2)24-22(26)16-18-8-11-19(27-3)12-9-18/h5,8-13,15H,2,4,6-7,14,16H2,1,3H3. The first-order valence-corrected chi connectivity index (χ1v) is 10.4. The van der Waals surface area contributed by atoms with Crippen LogP contribution in [0.4, 0.5) is 0 Å². The molecule has 0 saturated carbocycles. The van der Waals surface area contributed by atoms with Crippen molar-refractivity contribution in [1.29, 1.82) is 0 Å². The summed E-state index contributed by atoms with van der Waals surface area (Å²) >= 11 is 1.56. The quantitative estimate of drug-likeness (QED) is 0.510. The monoisotopic (exact) mass is 394 g/mol. The molecule has 3 aromatic rings. The van der Waals surface area contributed by atoms with Gasteiger partial charge < -0.3 is 9.30 Å². The number of methoxy groups -OCH3 is 1. The Morgan fingerprint density at radius 1 is 1.21 bits per heavy atom. The topological polar surface area (TPSA) is 43.6 Å². The molecule has 1 heterocycles. The number of hydrogen-bond donors (Lipinski definition) is 0. The third kappa shape index (κ3) is 4.78. The second-order valence-corrected chi connectivity index (χ2v) is 7.73. The van der Waals surface area contributed by atoms with Crippen LogP contribution in [0.1, 0.15) is 30.9 Å². The van der Waals surface area contributed by atoms with Crippen molar-refractivity contribution in [3.63, 3.8) is 0 Å². The minimum Gasteiger partial charge on any atom is -0.497 e. The second kappa shape index (κ2) is 9.51. The number of hydrogen-bond acceptors (Lipinski definition) is 3. The van der Waals surface area contributed by atoms with Gasteiger partial charge in [-0.2, -0.15) is 4.99 Å². The van der Waals surface area contributed by atoms with E-state index in [0.717, 1.165) is 32.8 Å². The Morgan fingerprint density at radius 2 is 1.96 bits per heavy atom. The number of unbranched alkanes of at least 4 members (excludes halogenated alkanes) is 1. The lowest BCUT2D eigenvalue weighted by molar-refractivity contribution is -0.117. The van der Waals surface area contributed by atoms with E-state index in [2.05, 4.69) is 41.3 Å². The maximum absolute atomic E-state index is 12.5. The van der Waals surface area contributed by atoms with Gasteiger partial charge in [0, 0.05) is 6.54 Å². The van der Waals surface area contributed by atoms with Gasteiger partial charge in [-0.05, 0) is 48.2 Å². The molecule has 0 unspecified atom stereocenters. The first-order chi connectivity index (χ1) is 13.6. The fourth-order valence-corrected chi connectivity index (χ4v) is 4.23. The fourth-order valence-electron chi connectivity index (χ4n) is 3.11. The van der Waals surface area contributed by atoms with Crippen molar-refractivity contribution >= 4 is 27.5 Å². The lowest BCUT2D eigenvalue weighted by Crippen LogP contribution is -2.16. The predicted octanol–water partition coefficient (Wildman–Crippen LogP) is 4.91. The van der Waals surface area contributed by atoms with Gasteiger partial charge in [-0.1, -0.05) is 49.0 Å². The maximum atomic E-state index is 12.5. The highest BCUT2D eigenvalue weighted by Crippen LogP contribution is 2.21. The zero-order valence-corrected chi connectivity index (χ0v) is 17.3. The Morgan fingerprint density at radius 3 is 2.64 bits per heavy atom. The smallest absolute Gasteiger partial charge is 0.252 e. The number of benzene rings is 2. The van der Waals surface area contributed by atoms with Crippen LogP contribution in [0.2, 0.25) is 0 Å². The van der Waals surface area contributed by atoms with Crippen molar-refractivity contribution in [2.24, 2.45) is 4.99 Å². The van der Waals surface area contributed by atoms with Gasteiger partial charge in [0.15, 0.2) is 4.80 Å². The molecule has 4 nitrogen and oxygen atoms in total. The van der Waals surface area contributed by atoms with Crippen LogP contribution in [-0.2, 0) is 24.2 Å². The van der Waals surface area contributed by atoms with E-state index in [9.17, 15) is 4.79 Å². The molecule has 28 heavy (non-hydrogen) atoms. The summed E-state index contributed by atoms with van der Waals surface area (Å²) in [4.78, 5) is 17.7. The molecule has 0 saturated heterocycles. The molecule has 0 aliphatic rings. The summed E-state index contributed by atoms with van der Waals surface area (Å²) in [5.41, 5.74) is 3.35. The van der Waals surface area contributed by atoms with Crippen LogP contribution in [0, 0.1) is 0 Å². The zero-order chi connectivity index (χ0) is 19.9. The average molecular weight is 395 g/mol. The number of aryl methyl sites for hydroxylation is 1. The van der Waals surface area contributed by atoms with Crippen LogP contribution in [0.5, 0.6) is 5.75 Å². The Balaban J connectivity index is 1.91. The number of allylic oxidation sites excluding steroid dienone is 1. The van der Waals surface area contributed by atoms with Crippen molar-refractivity contribution in [2.45, 2.75) is 39.2 Å². The maximum Gasteiger partial charge on any atom is 0.252 e. The van der Waals surface area contributed by atoms with Crippen LogP contribution in [0.3, 0.4) is 0 Å². The molecule has 1 aromatic heterocycles. The summed E-state index contributed by atoms with van der Waals surface area (Å²) in [6.45, 7) is 6.68. The van der Waals surface area contributed by atoms with Crippen molar-refractivity contribution < 1.29 is 9.53 Å². The summed E-state index contributed by atoms with van der Waals surface area (Å²) in [6.07, 6.45) is 5.55. The summed E-state index contributed by atoms with van der Waals surface area (Å²) in [5, 5.41) is 0. The van der Waals surface area contributed by atoms with Gasteiger partial charge in [0.2, 0.25) is 0 Å². The molecule has 0 bridgehead atoms.